The van der Waals surface area contributed by atoms with E-state index in [9.17, 15) is 14.4 Å². The van der Waals surface area contributed by atoms with E-state index in [4.69, 9.17) is 4.74 Å². The Kier molecular flexibility index (Phi) is 6.03. The summed E-state index contributed by atoms with van der Waals surface area (Å²) < 4.78 is 6.13. The number of ether oxygens (including phenoxy) is 1. The molecule has 0 aliphatic rings. The number of pyridine rings is 1. The molecular formula is C17H20N2O4S. The number of hydrogen-bond acceptors (Lipinski definition) is 5. The lowest BCUT2D eigenvalue weighted by Crippen LogP contribution is -2.42. The molecule has 24 heavy (non-hydrogen) atoms. The van der Waals surface area contributed by atoms with Gasteiger partial charge < -0.3 is 14.6 Å². The number of methoxy groups -OCH3 is 1. The summed E-state index contributed by atoms with van der Waals surface area (Å²) in [7, 11) is 2.89. The van der Waals surface area contributed by atoms with E-state index in [-0.39, 0.29) is 5.56 Å². The zero-order valence-electron chi connectivity index (χ0n) is 13.9. The first-order valence-corrected chi connectivity index (χ1v) is 8.85. The topological polar surface area (TPSA) is 77.4 Å². The van der Waals surface area contributed by atoms with Crippen LogP contribution in [0.5, 0.6) is 0 Å². The lowest BCUT2D eigenvalue weighted by Gasteiger charge is -2.17. The first kappa shape index (κ1) is 18.1. The van der Waals surface area contributed by atoms with Gasteiger partial charge in [-0.15, -0.1) is 0 Å². The van der Waals surface area contributed by atoms with Crippen LogP contribution in [0.4, 0.5) is 0 Å². The van der Waals surface area contributed by atoms with Crippen molar-refractivity contribution in [3.05, 3.63) is 46.4 Å². The molecule has 0 saturated carbocycles. The van der Waals surface area contributed by atoms with Gasteiger partial charge in [0.25, 0.3) is 11.5 Å². The summed E-state index contributed by atoms with van der Waals surface area (Å²) in [4.78, 5) is 36.7. The zero-order chi connectivity index (χ0) is 17.7. The highest BCUT2D eigenvalue weighted by Crippen LogP contribution is 2.15. The molecular weight excluding hydrogens is 328 g/mol. The number of benzene rings is 1. The maximum Gasteiger partial charge on any atom is 0.328 e. The van der Waals surface area contributed by atoms with E-state index < -0.39 is 17.9 Å². The van der Waals surface area contributed by atoms with E-state index in [1.807, 2.05) is 6.26 Å². The third kappa shape index (κ3) is 3.79. The first-order valence-electron chi connectivity index (χ1n) is 7.45. The number of hydrogen-bond donors (Lipinski definition) is 1. The van der Waals surface area contributed by atoms with Crippen LogP contribution < -0.4 is 10.9 Å². The molecule has 0 fully saturated rings. The average molecular weight is 348 g/mol. The van der Waals surface area contributed by atoms with Crippen LogP contribution in [0, 0.1) is 0 Å². The van der Waals surface area contributed by atoms with E-state index in [2.05, 4.69) is 5.32 Å². The standard InChI is InChI=1S/C17H20N2O4S/c1-19-10-13(11-6-4-5-7-12(11)16(19)21)15(20)18-14(8-9-24-3)17(22)23-2/h4-7,10,14H,8-9H2,1-3H3,(H,18,20)/t14-/m1/s1. The highest BCUT2D eigenvalue weighted by Gasteiger charge is 2.23. The fourth-order valence-electron chi connectivity index (χ4n) is 2.46. The molecule has 0 radical (unpaired) electrons. The molecule has 2 aromatic rings. The van der Waals surface area contributed by atoms with Crippen LogP contribution in [-0.2, 0) is 16.6 Å². The Morgan fingerprint density at radius 2 is 1.96 bits per heavy atom. The number of carbonyl (C=O) groups excluding carboxylic acids is 2. The number of carbonyl (C=O) groups is 2. The Morgan fingerprint density at radius 1 is 1.29 bits per heavy atom. The minimum absolute atomic E-state index is 0.172. The normalized spacial score (nSPS) is 12.0. The number of thioether (sulfide) groups is 1. The predicted octanol–water partition coefficient (Wildman–Crippen LogP) is 1.56. The molecule has 0 spiro atoms. The van der Waals surface area contributed by atoms with Gasteiger partial charge in [-0.05, 0) is 24.5 Å². The van der Waals surface area contributed by atoms with Gasteiger partial charge in [-0.3, -0.25) is 9.59 Å². The van der Waals surface area contributed by atoms with Gasteiger partial charge in [0.15, 0.2) is 0 Å². The molecule has 7 heteroatoms. The van der Waals surface area contributed by atoms with Crippen molar-refractivity contribution in [1.29, 1.82) is 0 Å². The van der Waals surface area contributed by atoms with Gasteiger partial charge >= 0.3 is 5.97 Å². The fourth-order valence-corrected chi connectivity index (χ4v) is 2.93. The molecule has 0 aliphatic carbocycles. The van der Waals surface area contributed by atoms with Crippen LogP contribution >= 0.6 is 11.8 Å². The molecule has 1 aromatic carbocycles. The molecule has 1 atom stereocenters. The van der Waals surface area contributed by atoms with Crippen molar-refractivity contribution in [3.63, 3.8) is 0 Å². The van der Waals surface area contributed by atoms with Crippen LogP contribution in [0.2, 0.25) is 0 Å². The highest BCUT2D eigenvalue weighted by molar-refractivity contribution is 7.98. The Labute approximate surface area is 144 Å². The Balaban J connectivity index is 2.38. The van der Waals surface area contributed by atoms with Gasteiger partial charge in [0.05, 0.1) is 12.7 Å². The van der Waals surface area contributed by atoms with Crippen molar-refractivity contribution in [2.24, 2.45) is 7.05 Å². The van der Waals surface area contributed by atoms with Gasteiger partial charge in [-0.2, -0.15) is 11.8 Å². The molecule has 0 bridgehead atoms. The molecule has 1 amide bonds. The fraction of sp³-hybridized carbons (Fsp3) is 0.353. The summed E-state index contributed by atoms with van der Waals surface area (Å²) in [6, 6.07) is 6.21. The van der Waals surface area contributed by atoms with Crippen LogP contribution in [-0.4, -0.2) is 41.6 Å². The van der Waals surface area contributed by atoms with E-state index >= 15 is 0 Å². The minimum atomic E-state index is -0.717. The number of esters is 1. The first-order chi connectivity index (χ1) is 11.5. The minimum Gasteiger partial charge on any atom is -0.467 e. The van der Waals surface area contributed by atoms with E-state index in [1.54, 1.807) is 43.1 Å². The number of aromatic nitrogens is 1. The highest BCUT2D eigenvalue weighted by atomic mass is 32.2. The van der Waals surface area contributed by atoms with Crippen molar-refractivity contribution in [3.8, 4) is 0 Å². The van der Waals surface area contributed by atoms with Crippen LogP contribution in [0.3, 0.4) is 0 Å². The molecule has 0 unspecified atom stereocenters. The number of fused-ring (bicyclic) bond motifs is 1. The molecule has 1 heterocycles. The molecule has 128 valence electrons. The number of rotatable bonds is 6. The maximum absolute atomic E-state index is 12.7. The van der Waals surface area contributed by atoms with E-state index in [0.29, 0.717) is 28.5 Å². The number of nitrogens with zero attached hydrogens (tertiary/aromatic N) is 1. The van der Waals surface area contributed by atoms with Crippen LogP contribution in [0.25, 0.3) is 10.8 Å². The molecule has 0 saturated heterocycles. The second-order valence-corrected chi connectivity index (χ2v) is 6.32. The van der Waals surface area contributed by atoms with Gasteiger partial charge in [0, 0.05) is 24.0 Å². The predicted molar refractivity (Wildman–Crippen MR) is 95.5 cm³/mol. The van der Waals surface area contributed by atoms with Crippen molar-refractivity contribution in [2.45, 2.75) is 12.5 Å². The SMILES string of the molecule is COC(=O)[C@@H](CCSC)NC(=O)c1cn(C)c(=O)c2ccccc12. The van der Waals surface area contributed by atoms with Gasteiger partial charge in [-0.25, -0.2) is 4.79 Å². The number of aryl methyl sites for hydroxylation is 1. The van der Waals surface area contributed by atoms with Crippen LogP contribution in [0.15, 0.2) is 35.3 Å². The summed E-state index contributed by atoms with van der Waals surface area (Å²) in [6.07, 6.45) is 3.89. The molecule has 1 N–H and O–H groups in total. The maximum atomic E-state index is 12.7. The van der Waals surface area contributed by atoms with E-state index in [1.165, 1.54) is 17.9 Å². The average Bonchev–Trinajstić information content (AvgIpc) is 2.60. The second kappa shape index (κ2) is 8.01. The third-order valence-electron chi connectivity index (χ3n) is 3.74. The van der Waals surface area contributed by atoms with Gasteiger partial charge in [0.1, 0.15) is 6.04 Å². The quantitative estimate of drug-likeness (QED) is 0.802. The van der Waals surface area contributed by atoms with Crippen LogP contribution in [0.1, 0.15) is 16.8 Å². The Bertz CT molecular complexity index is 816. The summed E-state index contributed by atoms with van der Waals surface area (Å²) >= 11 is 1.58. The molecule has 0 aliphatic heterocycles. The third-order valence-corrected chi connectivity index (χ3v) is 4.38. The Hall–Kier alpha value is -2.28. The van der Waals surface area contributed by atoms with E-state index in [0.717, 1.165) is 0 Å². The molecule has 6 nitrogen and oxygen atoms in total. The summed E-state index contributed by atoms with van der Waals surface area (Å²) in [6.45, 7) is 0. The van der Waals surface area contributed by atoms with Crippen molar-refractivity contribution in [2.75, 3.05) is 19.1 Å². The molecule has 1 aromatic heterocycles. The smallest absolute Gasteiger partial charge is 0.328 e. The van der Waals surface area contributed by atoms with Gasteiger partial charge in [-0.1, -0.05) is 18.2 Å². The lowest BCUT2D eigenvalue weighted by atomic mass is 10.1. The van der Waals surface area contributed by atoms with Gasteiger partial charge in [0.2, 0.25) is 0 Å². The Morgan fingerprint density at radius 3 is 2.58 bits per heavy atom. The molecule has 2 rings (SSSR count). The lowest BCUT2D eigenvalue weighted by molar-refractivity contribution is -0.142. The summed E-state index contributed by atoms with van der Waals surface area (Å²) in [5.74, 6) is -0.168. The summed E-state index contributed by atoms with van der Waals surface area (Å²) in [5.41, 5.74) is 0.180. The second-order valence-electron chi connectivity index (χ2n) is 5.34. The number of nitrogens with one attached hydrogen (secondary N) is 1. The zero-order valence-corrected chi connectivity index (χ0v) is 14.7. The monoisotopic (exact) mass is 348 g/mol. The van der Waals surface area contributed by atoms with Crippen molar-refractivity contribution in [1.82, 2.24) is 9.88 Å². The van der Waals surface area contributed by atoms with Crippen molar-refractivity contribution < 1.29 is 14.3 Å². The van der Waals surface area contributed by atoms with Crippen molar-refractivity contribution >= 4 is 34.4 Å². The largest absolute Gasteiger partial charge is 0.467 e. The number of amides is 1. The summed E-state index contributed by atoms with van der Waals surface area (Å²) in [5, 5.41) is 3.74.